The van der Waals surface area contributed by atoms with Crippen LogP contribution in [0.2, 0.25) is 0 Å². The van der Waals surface area contributed by atoms with Crippen LogP contribution in [0.25, 0.3) is 10.6 Å². The number of hydrogen-bond donors (Lipinski definition) is 1. The van der Waals surface area contributed by atoms with Crippen LogP contribution in [0, 0.1) is 0 Å². The van der Waals surface area contributed by atoms with E-state index in [1.165, 1.54) is 0 Å². The standard InChI is InChI=1S/C20H28N4O3S/c21-20(26)15-24-11-9-23(10-12-24)8-4-2-1-3-6-17(25)16-14-18(27-22-16)19-7-5-13-28-19/h5,7,13-14H,1-4,6,8-12,15H2,(H2,21,26). The normalized spacial score (nSPS) is 15.7. The number of primary amides is 1. The first-order valence-electron chi connectivity index (χ1n) is 9.88. The Morgan fingerprint density at radius 1 is 1.11 bits per heavy atom. The van der Waals surface area contributed by atoms with E-state index in [0.29, 0.717) is 24.4 Å². The molecule has 152 valence electrons. The van der Waals surface area contributed by atoms with Gasteiger partial charge in [-0.05, 0) is 30.8 Å². The zero-order valence-electron chi connectivity index (χ0n) is 16.1. The van der Waals surface area contributed by atoms with Crippen molar-refractivity contribution in [3.63, 3.8) is 0 Å². The van der Waals surface area contributed by atoms with E-state index in [1.54, 1.807) is 17.4 Å². The Hall–Kier alpha value is -2.03. The van der Waals surface area contributed by atoms with Gasteiger partial charge in [-0.25, -0.2) is 0 Å². The molecule has 3 rings (SSSR count). The molecule has 2 aromatic heterocycles. The molecule has 1 amide bonds. The van der Waals surface area contributed by atoms with Gasteiger partial charge in [-0.2, -0.15) is 0 Å². The quantitative estimate of drug-likeness (QED) is 0.457. The summed E-state index contributed by atoms with van der Waals surface area (Å²) >= 11 is 1.57. The van der Waals surface area contributed by atoms with Gasteiger partial charge in [-0.15, -0.1) is 11.3 Å². The number of rotatable bonds is 11. The minimum atomic E-state index is -0.253. The first kappa shape index (κ1) is 20.7. The van der Waals surface area contributed by atoms with Crippen LogP contribution < -0.4 is 5.73 Å². The maximum atomic E-state index is 12.2. The highest BCUT2D eigenvalue weighted by Gasteiger charge is 2.17. The minimum Gasteiger partial charge on any atom is -0.369 e. The topological polar surface area (TPSA) is 92.7 Å². The third-order valence-electron chi connectivity index (χ3n) is 5.03. The summed E-state index contributed by atoms with van der Waals surface area (Å²) in [6, 6.07) is 5.65. The SMILES string of the molecule is NC(=O)CN1CCN(CCCCCCC(=O)c2cc(-c3cccs3)on2)CC1. The van der Waals surface area contributed by atoms with Crippen molar-refractivity contribution in [1.82, 2.24) is 15.0 Å². The van der Waals surface area contributed by atoms with Crippen LogP contribution in [-0.4, -0.2) is 65.9 Å². The van der Waals surface area contributed by atoms with Crippen LogP contribution in [0.5, 0.6) is 0 Å². The summed E-state index contributed by atoms with van der Waals surface area (Å²) in [5, 5.41) is 5.89. The molecular weight excluding hydrogens is 376 g/mol. The molecule has 0 bridgehead atoms. The van der Waals surface area contributed by atoms with Crippen molar-refractivity contribution in [3.8, 4) is 10.6 Å². The molecule has 2 N–H and O–H groups in total. The van der Waals surface area contributed by atoms with Crippen molar-refractivity contribution in [2.24, 2.45) is 5.73 Å². The highest BCUT2D eigenvalue weighted by molar-refractivity contribution is 7.13. The number of amides is 1. The lowest BCUT2D eigenvalue weighted by molar-refractivity contribution is -0.119. The average Bonchev–Trinajstić information content (AvgIpc) is 3.36. The molecule has 0 aromatic carbocycles. The minimum absolute atomic E-state index is 0.0529. The van der Waals surface area contributed by atoms with Gasteiger partial charge in [0.2, 0.25) is 5.91 Å². The molecule has 1 saturated heterocycles. The molecular formula is C20H28N4O3S. The number of piperazine rings is 1. The van der Waals surface area contributed by atoms with E-state index < -0.39 is 0 Å². The lowest BCUT2D eigenvalue weighted by atomic mass is 10.1. The Morgan fingerprint density at radius 2 is 1.86 bits per heavy atom. The van der Waals surface area contributed by atoms with E-state index in [-0.39, 0.29) is 11.7 Å². The lowest BCUT2D eigenvalue weighted by Crippen LogP contribution is -2.48. The molecule has 0 atom stereocenters. The molecule has 8 heteroatoms. The van der Waals surface area contributed by atoms with Crippen LogP contribution in [0.15, 0.2) is 28.1 Å². The molecule has 28 heavy (non-hydrogen) atoms. The highest BCUT2D eigenvalue weighted by Crippen LogP contribution is 2.25. The van der Waals surface area contributed by atoms with Crippen LogP contribution >= 0.6 is 11.3 Å². The predicted octanol–water partition coefficient (Wildman–Crippen LogP) is 2.64. The number of nitrogens with two attached hydrogens (primary N) is 1. The summed E-state index contributed by atoms with van der Waals surface area (Å²) in [4.78, 5) is 28.7. The van der Waals surface area contributed by atoms with Gasteiger partial charge >= 0.3 is 0 Å². The van der Waals surface area contributed by atoms with Crippen molar-refractivity contribution in [3.05, 3.63) is 29.3 Å². The molecule has 1 fully saturated rings. The van der Waals surface area contributed by atoms with Gasteiger partial charge in [-0.3, -0.25) is 14.5 Å². The van der Waals surface area contributed by atoms with Gasteiger partial charge in [0, 0.05) is 38.7 Å². The van der Waals surface area contributed by atoms with E-state index in [1.807, 2.05) is 17.5 Å². The summed E-state index contributed by atoms with van der Waals surface area (Å²) in [6.07, 6.45) is 4.70. The number of hydrogen-bond acceptors (Lipinski definition) is 7. The Morgan fingerprint density at radius 3 is 2.57 bits per heavy atom. The number of Topliss-reactive ketones (excluding diaryl/α,β-unsaturated/α-hetero) is 1. The largest absolute Gasteiger partial charge is 0.369 e. The zero-order chi connectivity index (χ0) is 19.8. The van der Waals surface area contributed by atoms with Crippen molar-refractivity contribution in [1.29, 1.82) is 0 Å². The van der Waals surface area contributed by atoms with Crippen LogP contribution in [0.3, 0.4) is 0 Å². The zero-order valence-corrected chi connectivity index (χ0v) is 17.0. The van der Waals surface area contributed by atoms with Gasteiger partial charge in [-0.1, -0.05) is 24.1 Å². The fourth-order valence-electron chi connectivity index (χ4n) is 3.44. The molecule has 2 aromatic rings. The summed E-state index contributed by atoms with van der Waals surface area (Å²) in [5.74, 6) is 0.461. The molecule has 0 unspecified atom stereocenters. The van der Waals surface area contributed by atoms with Crippen molar-refractivity contribution >= 4 is 23.0 Å². The first-order chi connectivity index (χ1) is 13.6. The first-order valence-corrected chi connectivity index (χ1v) is 10.8. The second-order valence-corrected chi connectivity index (χ2v) is 8.17. The number of nitrogens with zero attached hydrogens (tertiary/aromatic N) is 3. The molecule has 7 nitrogen and oxygen atoms in total. The van der Waals surface area contributed by atoms with Crippen LogP contribution in [-0.2, 0) is 4.79 Å². The van der Waals surface area contributed by atoms with E-state index in [4.69, 9.17) is 10.3 Å². The summed E-state index contributed by atoms with van der Waals surface area (Å²) < 4.78 is 5.28. The number of carbonyl (C=O) groups is 2. The molecule has 0 saturated carbocycles. The fourth-order valence-corrected chi connectivity index (χ4v) is 4.11. The Labute approximate surface area is 169 Å². The summed E-state index contributed by atoms with van der Waals surface area (Å²) in [7, 11) is 0. The Kier molecular flexibility index (Phi) is 7.76. The summed E-state index contributed by atoms with van der Waals surface area (Å²) in [6.45, 7) is 5.23. The molecule has 1 aliphatic heterocycles. The van der Waals surface area contributed by atoms with E-state index >= 15 is 0 Å². The van der Waals surface area contributed by atoms with Gasteiger partial charge in [0.15, 0.2) is 11.5 Å². The molecule has 3 heterocycles. The lowest BCUT2D eigenvalue weighted by Gasteiger charge is -2.33. The van der Waals surface area contributed by atoms with Crippen molar-refractivity contribution in [2.75, 3.05) is 39.3 Å². The maximum absolute atomic E-state index is 12.2. The fraction of sp³-hybridized carbons (Fsp3) is 0.550. The van der Waals surface area contributed by atoms with Crippen molar-refractivity contribution < 1.29 is 14.1 Å². The third-order valence-corrected chi connectivity index (χ3v) is 5.92. The molecule has 0 radical (unpaired) electrons. The number of thiophene rings is 1. The van der Waals surface area contributed by atoms with E-state index in [9.17, 15) is 9.59 Å². The highest BCUT2D eigenvalue weighted by atomic mass is 32.1. The molecule has 1 aliphatic rings. The maximum Gasteiger partial charge on any atom is 0.231 e. The number of carbonyl (C=O) groups excluding carboxylic acids is 2. The Bertz CT molecular complexity index is 751. The third kappa shape index (κ3) is 6.25. The number of aromatic nitrogens is 1. The predicted molar refractivity (Wildman–Crippen MR) is 109 cm³/mol. The monoisotopic (exact) mass is 404 g/mol. The van der Waals surface area contributed by atoms with Crippen molar-refractivity contribution in [2.45, 2.75) is 32.1 Å². The van der Waals surface area contributed by atoms with Gasteiger partial charge in [0.25, 0.3) is 0 Å². The second kappa shape index (κ2) is 10.5. The van der Waals surface area contributed by atoms with E-state index in [0.717, 1.165) is 63.3 Å². The average molecular weight is 405 g/mol. The van der Waals surface area contributed by atoms with Gasteiger partial charge in [0.1, 0.15) is 5.69 Å². The molecule has 0 spiro atoms. The van der Waals surface area contributed by atoms with Gasteiger partial charge < -0.3 is 15.2 Å². The van der Waals surface area contributed by atoms with Crippen LogP contribution in [0.4, 0.5) is 0 Å². The number of ketones is 1. The smallest absolute Gasteiger partial charge is 0.231 e. The Balaban J connectivity index is 1.25. The van der Waals surface area contributed by atoms with Gasteiger partial charge in [0.05, 0.1) is 11.4 Å². The second-order valence-electron chi connectivity index (χ2n) is 7.23. The van der Waals surface area contributed by atoms with E-state index in [2.05, 4.69) is 15.0 Å². The molecule has 0 aliphatic carbocycles. The van der Waals surface area contributed by atoms with Crippen LogP contribution in [0.1, 0.15) is 42.6 Å². The number of unbranched alkanes of at least 4 members (excludes halogenated alkanes) is 3. The summed E-state index contributed by atoms with van der Waals surface area (Å²) in [5.41, 5.74) is 5.67.